The number of hydrogen-bond donors (Lipinski definition) is 1. The normalized spacial score (nSPS) is 25.7. The van der Waals surface area contributed by atoms with Gasteiger partial charge in [0.1, 0.15) is 0 Å². The average Bonchev–Trinajstić information content (AvgIpc) is 2.26. The fraction of sp³-hybridized carbons (Fsp3) is 1.00. The summed E-state index contributed by atoms with van der Waals surface area (Å²) in [6.45, 7) is 7.36. The summed E-state index contributed by atoms with van der Waals surface area (Å²) >= 11 is 0. The lowest BCUT2D eigenvalue weighted by molar-refractivity contribution is -0.193. The summed E-state index contributed by atoms with van der Waals surface area (Å²) in [5.74, 6) is 0.625. The summed E-state index contributed by atoms with van der Waals surface area (Å²) in [4.78, 5) is 0. The van der Waals surface area contributed by atoms with E-state index < -0.39 is 0 Å². The van der Waals surface area contributed by atoms with Crippen LogP contribution in [-0.4, -0.2) is 25.0 Å². The SMILES string of the molecule is CCC(OC1CCCCO1)C(N)CC(C)C. The molecule has 3 nitrogen and oxygen atoms in total. The Bertz CT molecular complexity index is 179. The summed E-state index contributed by atoms with van der Waals surface area (Å²) < 4.78 is 11.5. The van der Waals surface area contributed by atoms with Gasteiger partial charge >= 0.3 is 0 Å². The second-order valence-corrected chi connectivity index (χ2v) is 5.17. The Morgan fingerprint density at radius 2 is 2.12 bits per heavy atom. The highest BCUT2D eigenvalue weighted by Gasteiger charge is 2.23. The van der Waals surface area contributed by atoms with Gasteiger partial charge in [0.15, 0.2) is 6.29 Å². The summed E-state index contributed by atoms with van der Waals surface area (Å²) in [7, 11) is 0. The molecule has 3 atom stereocenters. The Labute approximate surface area is 99.7 Å². The van der Waals surface area contributed by atoms with Crippen LogP contribution in [0.1, 0.15) is 52.9 Å². The minimum absolute atomic E-state index is 0.0167. The van der Waals surface area contributed by atoms with E-state index in [1.54, 1.807) is 0 Å². The average molecular weight is 229 g/mol. The lowest BCUT2D eigenvalue weighted by Gasteiger charge is -2.31. The Balaban J connectivity index is 2.34. The topological polar surface area (TPSA) is 44.5 Å². The van der Waals surface area contributed by atoms with E-state index in [-0.39, 0.29) is 18.4 Å². The first-order chi connectivity index (χ1) is 7.63. The number of rotatable bonds is 6. The molecule has 0 spiro atoms. The van der Waals surface area contributed by atoms with Gasteiger partial charge in [-0.05, 0) is 38.0 Å². The van der Waals surface area contributed by atoms with Gasteiger partial charge in [0.05, 0.1) is 6.10 Å². The Kier molecular flexibility index (Phi) is 6.32. The molecule has 0 aromatic heterocycles. The van der Waals surface area contributed by atoms with E-state index in [4.69, 9.17) is 15.2 Å². The molecule has 1 fully saturated rings. The van der Waals surface area contributed by atoms with Crippen molar-refractivity contribution in [1.82, 2.24) is 0 Å². The minimum Gasteiger partial charge on any atom is -0.353 e. The fourth-order valence-electron chi connectivity index (χ4n) is 2.21. The van der Waals surface area contributed by atoms with Crippen molar-refractivity contribution in [1.29, 1.82) is 0 Å². The van der Waals surface area contributed by atoms with Crippen LogP contribution in [-0.2, 0) is 9.47 Å². The molecule has 0 aromatic carbocycles. The van der Waals surface area contributed by atoms with Gasteiger partial charge in [-0.15, -0.1) is 0 Å². The first-order valence-electron chi connectivity index (χ1n) is 6.66. The molecule has 1 saturated heterocycles. The number of ether oxygens (including phenoxy) is 2. The van der Waals surface area contributed by atoms with Crippen molar-refractivity contribution in [3.8, 4) is 0 Å². The highest BCUT2D eigenvalue weighted by Crippen LogP contribution is 2.19. The van der Waals surface area contributed by atoms with Crippen LogP contribution in [0.5, 0.6) is 0 Å². The highest BCUT2D eigenvalue weighted by molar-refractivity contribution is 4.74. The molecule has 0 saturated carbocycles. The third-order valence-electron chi connectivity index (χ3n) is 3.09. The predicted octanol–water partition coefficient (Wildman–Crippen LogP) is 2.68. The van der Waals surface area contributed by atoms with E-state index in [9.17, 15) is 0 Å². The predicted molar refractivity (Wildman–Crippen MR) is 66.2 cm³/mol. The lowest BCUT2D eigenvalue weighted by atomic mass is 9.98. The molecule has 0 radical (unpaired) electrons. The molecule has 3 unspecified atom stereocenters. The van der Waals surface area contributed by atoms with E-state index in [2.05, 4.69) is 20.8 Å². The van der Waals surface area contributed by atoms with E-state index >= 15 is 0 Å². The van der Waals surface area contributed by atoms with E-state index in [0.29, 0.717) is 5.92 Å². The lowest BCUT2D eigenvalue weighted by Crippen LogP contribution is -2.41. The van der Waals surface area contributed by atoms with E-state index in [1.165, 1.54) is 6.42 Å². The van der Waals surface area contributed by atoms with Gasteiger partial charge in [-0.25, -0.2) is 0 Å². The second-order valence-electron chi connectivity index (χ2n) is 5.17. The van der Waals surface area contributed by atoms with Gasteiger partial charge in [-0.1, -0.05) is 20.8 Å². The molecule has 3 heteroatoms. The molecule has 16 heavy (non-hydrogen) atoms. The zero-order valence-electron chi connectivity index (χ0n) is 10.9. The largest absolute Gasteiger partial charge is 0.353 e. The third-order valence-corrected chi connectivity index (χ3v) is 3.09. The zero-order chi connectivity index (χ0) is 12.0. The Morgan fingerprint density at radius 3 is 2.62 bits per heavy atom. The molecular formula is C13H27NO2. The summed E-state index contributed by atoms with van der Waals surface area (Å²) in [6, 6.07) is 0.135. The smallest absolute Gasteiger partial charge is 0.158 e. The minimum atomic E-state index is -0.0167. The van der Waals surface area contributed by atoms with Gasteiger partial charge in [0.25, 0.3) is 0 Å². The molecular weight excluding hydrogens is 202 g/mol. The Morgan fingerprint density at radius 1 is 1.38 bits per heavy atom. The summed E-state index contributed by atoms with van der Waals surface area (Å²) in [5.41, 5.74) is 6.17. The van der Waals surface area contributed by atoms with Gasteiger partial charge in [-0.2, -0.15) is 0 Å². The summed E-state index contributed by atoms with van der Waals surface area (Å²) in [5, 5.41) is 0. The molecule has 0 aromatic rings. The Hall–Kier alpha value is -0.120. The second kappa shape index (κ2) is 7.25. The standard InChI is InChI=1S/C13H27NO2/c1-4-12(11(14)9-10(2)3)16-13-7-5-6-8-15-13/h10-13H,4-9,14H2,1-3H3. The van der Waals surface area contributed by atoms with Crippen LogP contribution in [0.4, 0.5) is 0 Å². The van der Waals surface area contributed by atoms with Gasteiger partial charge < -0.3 is 15.2 Å². The van der Waals surface area contributed by atoms with Crippen molar-refractivity contribution in [2.45, 2.75) is 71.3 Å². The zero-order valence-corrected chi connectivity index (χ0v) is 10.9. The van der Waals surface area contributed by atoms with Gasteiger partial charge in [-0.3, -0.25) is 0 Å². The van der Waals surface area contributed by atoms with Gasteiger partial charge in [0.2, 0.25) is 0 Å². The van der Waals surface area contributed by atoms with Crippen molar-refractivity contribution in [3.63, 3.8) is 0 Å². The van der Waals surface area contributed by atoms with Crippen molar-refractivity contribution in [2.75, 3.05) is 6.61 Å². The molecule has 0 bridgehead atoms. The van der Waals surface area contributed by atoms with Crippen LogP contribution in [0.15, 0.2) is 0 Å². The van der Waals surface area contributed by atoms with Crippen LogP contribution in [0.3, 0.4) is 0 Å². The van der Waals surface area contributed by atoms with Crippen LogP contribution < -0.4 is 5.73 Å². The van der Waals surface area contributed by atoms with E-state index in [0.717, 1.165) is 32.3 Å². The number of hydrogen-bond acceptors (Lipinski definition) is 3. The molecule has 1 rings (SSSR count). The van der Waals surface area contributed by atoms with Crippen LogP contribution in [0, 0.1) is 5.92 Å². The molecule has 1 heterocycles. The maximum atomic E-state index is 6.17. The van der Waals surface area contributed by atoms with Crippen molar-refractivity contribution in [2.24, 2.45) is 11.7 Å². The quantitative estimate of drug-likeness (QED) is 0.761. The first-order valence-corrected chi connectivity index (χ1v) is 6.66. The first kappa shape index (κ1) is 13.9. The maximum Gasteiger partial charge on any atom is 0.158 e. The van der Waals surface area contributed by atoms with Crippen LogP contribution in [0.25, 0.3) is 0 Å². The monoisotopic (exact) mass is 229 g/mol. The molecule has 1 aliphatic rings. The van der Waals surface area contributed by atoms with Crippen molar-refractivity contribution < 1.29 is 9.47 Å². The summed E-state index contributed by atoms with van der Waals surface area (Å²) in [6.07, 6.45) is 5.50. The number of nitrogens with two attached hydrogens (primary N) is 1. The molecule has 1 aliphatic heterocycles. The fourth-order valence-corrected chi connectivity index (χ4v) is 2.21. The van der Waals surface area contributed by atoms with Crippen LogP contribution >= 0.6 is 0 Å². The van der Waals surface area contributed by atoms with Gasteiger partial charge in [0, 0.05) is 12.6 Å². The molecule has 96 valence electrons. The molecule has 0 amide bonds. The molecule has 0 aliphatic carbocycles. The third kappa shape index (κ3) is 4.81. The van der Waals surface area contributed by atoms with Crippen molar-refractivity contribution in [3.05, 3.63) is 0 Å². The highest BCUT2D eigenvalue weighted by atomic mass is 16.7. The van der Waals surface area contributed by atoms with Crippen molar-refractivity contribution >= 4 is 0 Å². The maximum absolute atomic E-state index is 6.17. The molecule has 2 N–H and O–H groups in total. The van der Waals surface area contributed by atoms with Crippen LogP contribution in [0.2, 0.25) is 0 Å². The van der Waals surface area contributed by atoms with E-state index in [1.807, 2.05) is 0 Å².